The second-order valence-corrected chi connectivity index (χ2v) is 5.27. The molecule has 1 aromatic carbocycles. The summed E-state index contributed by atoms with van der Waals surface area (Å²) in [7, 11) is 1.92. The van der Waals surface area contributed by atoms with Crippen LogP contribution in [-0.4, -0.2) is 14.7 Å². The van der Waals surface area contributed by atoms with E-state index in [1.54, 1.807) is 12.1 Å². The van der Waals surface area contributed by atoms with Crippen molar-refractivity contribution in [3.63, 3.8) is 0 Å². The predicted molar refractivity (Wildman–Crippen MR) is 81.0 cm³/mol. The number of nitrogens with one attached hydrogen (secondary N) is 1. The fourth-order valence-electron chi connectivity index (χ4n) is 2.39. The van der Waals surface area contributed by atoms with Crippen molar-refractivity contribution in [2.75, 3.05) is 0 Å². The topological polar surface area (TPSA) is 73.0 Å². The summed E-state index contributed by atoms with van der Waals surface area (Å²) in [5.41, 5.74) is 3.42. The molecule has 0 aliphatic heterocycles. The van der Waals surface area contributed by atoms with E-state index in [1.807, 2.05) is 31.8 Å². The fourth-order valence-corrected chi connectivity index (χ4v) is 2.39. The summed E-state index contributed by atoms with van der Waals surface area (Å²) in [4.78, 5) is 10.3. The highest BCUT2D eigenvalue weighted by atomic mass is 16.6. The predicted octanol–water partition coefficient (Wildman–Crippen LogP) is 3.05. The van der Waals surface area contributed by atoms with E-state index in [0.29, 0.717) is 0 Å². The van der Waals surface area contributed by atoms with Crippen LogP contribution in [0.2, 0.25) is 0 Å². The summed E-state index contributed by atoms with van der Waals surface area (Å²) < 4.78 is 1.85. The Balaban J connectivity index is 2.08. The van der Waals surface area contributed by atoms with E-state index in [9.17, 15) is 10.1 Å². The Morgan fingerprint density at radius 3 is 2.33 bits per heavy atom. The first-order valence-corrected chi connectivity index (χ1v) is 6.89. The smallest absolute Gasteiger partial charge is 0.269 e. The van der Waals surface area contributed by atoms with Crippen molar-refractivity contribution in [2.24, 2.45) is 7.05 Å². The van der Waals surface area contributed by atoms with Crippen LogP contribution in [0.1, 0.15) is 42.8 Å². The van der Waals surface area contributed by atoms with E-state index in [1.165, 1.54) is 12.1 Å². The number of non-ortho nitro benzene ring substituents is 1. The van der Waals surface area contributed by atoms with Crippen molar-refractivity contribution >= 4 is 5.69 Å². The molecule has 0 bridgehead atoms. The normalized spacial score (nSPS) is 13.9. The lowest BCUT2D eigenvalue weighted by Gasteiger charge is -2.20. The molecule has 0 saturated heterocycles. The van der Waals surface area contributed by atoms with Gasteiger partial charge in [-0.2, -0.15) is 5.10 Å². The summed E-state index contributed by atoms with van der Waals surface area (Å²) in [5.74, 6) is 0. The zero-order chi connectivity index (χ0) is 15.6. The Labute approximate surface area is 123 Å². The summed E-state index contributed by atoms with van der Waals surface area (Å²) >= 11 is 0. The zero-order valence-corrected chi connectivity index (χ0v) is 12.7. The number of rotatable bonds is 5. The van der Waals surface area contributed by atoms with Gasteiger partial charge in [0.2, 0.25) is 0 Å². The molecule has 0 amide bonds. The fraction of sp³-hybridized carbons (Fsp3) is 0.400. The average Bonchev–Trinajstić information content (AvgIpc) is 2.79. The number of hydrogen-bond acceptors (Lipinski definition) is 4. The molecular weight excluding hydrogens is 268 g/mol. The third kappa shape index (κ3) is 3.28. The van der Waals surface area contributed by atoms with Gasteiger partial charge in [0.15, 0.2) is 0 Å². The van der Waals surface area contributed by atoms with Gasteiger partial charge < -0.3 is 5.32 Å². The second-order valence-electron chi connectivity index (χ2n) is 5.27. The van der Waals surface area contributed by atoms with Gasteiger partial charge in [-0.3, -0.25) is 14.8 Å². The molecule has 112 valence electrons. The Hall–Kier alpha value is -2.21. The highest BCUT2D eigenvalue weighted by Crippen LogP contribution is 2.22. The van der Waals surface area contributed by atoms with E-state index in [4.69, 9.17) is 0 Å². The quantitative estimate of drug-likeness (QED) is 0.678. The van der Waals surface area contributed by atoms with E-state index >= 15 is 0 Å². The van der Waals surface area contributed by atoms with Crippen LogP contribution in [0.5, 0.6) is 0 Å². The van der Waals surface area contributed by atoms with Crippen molar-refractivity contribution in [3.8, 4) is 0 Å². The maximum Gasteiger partial charge on any atom is 0.269 e. The van der Waals surface area contributed by atoms with Gasteiger partial charge in [-0.15, -0.1) is 0 Å². The molecule has 0 radical (unpaired) electrons. The van der Waals surface area contributed by atoms with E-state index in [2.05, 4.69) is 17.3 Å². The molecular formula is C15H20N4O2. The van der Waals surface area contributed by atoms with Gasteiger partial charge in [0.05, 0.1) is 11.1 Å². The van der Waals surface area contributed by atoms with Crippen LogP contribution in [0, 0.1) is 17.0 Å². The summed E-state index contributed by atoms with van der Waals surface area (Å²) in [6.45, 7) is 6.17. The van der Waals surface area contributed by atoms with Gasteiger partial charge in [0.25, 0.3) is 5.69 Å². The maximum atomic E-state index is 10.7. The van der Waals surface area contributed by atoms with Gasteiger partial charge in [-0.25, -0.2) is 0 Å². The van der Waals surface area contributed by atoms with Crippen LogP contribution in [0.15, 0.2) is 30.5 Å². The number of nitro benzene ring substituents is 1. The van der Waals surface area contributed by atoms with E-state index in [-0.39, 0.29) is 22.7 Å². The van der Waals surface area contributed by atoms with Crippen LogP contribution >= 0.6 is 0 Å². The second kappa shape index (κ2) is 6.05. The molecule has 1 N–H and O–H groups in total. The van der Waals surface area contributed by atoms with E-state index < -0.39 is 0 Å². The molecule has 2 rings (SSSR count). The minimum absolute atomic E-state index is 0.0976. The Kier molecular flexibility index (Phi) is 4.37. The van der Waals surface area contributed by atoms with Crippen LogP contribution in [0.3, 0.4) is 0 Å². The first kappa shape index (κ1) is 15.2. The minimum Gasteiger partial charge on any atom is -0.304 e. The average molecular weight is 288 g/mol. The first-order valence-electron chi connectivity index (χ1n) is 6.89. The maximum absolute atomic E-state index is 10.7. The molecule has 1 heterocycles. The SMILES string of the molecule is Cc1c(C(C)NC(C)c2ccc([N+](=O)[O-])cc2)cnn1C. The largest absolute Gasteiger partial charge is 0.304 e. The first-order chi connectivity index (χ1) is 9.90. The summed E-state index contributed by atoms with van der Waals surface area (Å²) in [6, 6.07) is 6.91. The van der Waals surface area contributed by atoms with Crippen molar-refractivity contribution in [1.29, 1.82) is 0 Å². The van der Waals surface area contributed by atoms with Gasteiger partial charge in [-0.1, -0.05) is 12.1 Å². The molecule has 0 spiro atoms. The number of aryl methyl sites for hydroxylation is 1. The molecule has 0 aliphatic carbocycles. The number of aromatic nitrogens is 2. The molecule has 6 heteroatoms. The van der Waals surface area contributed by atoms with Crippen molar-refractivity contribution < 1.29 is 4.92 Å². The molecule has 0 aliphatic rings. The molecule has 21 heavy (non-hydrogen) atoms. The monoisotopic (exact) mass is 288 g/mol. The lowest BCUT2D eigenvalue weighted by Crippen LogP contribution is -2.22. The highest BCUT2D eigenvalue weighted by molar-refractivity contribution is 5.34. The lowest BCUT2D eigenvalue weighted by atomic mass is 10.0. The van der Waals surface area contributed by atoms with Crippen molar-refractivity contribution in [2.45, 2.75) is 32.9 Å². The molecule has 6 nitrogen and oxygen atoms in total. The van der Waals surface area contributed by atoms with Gasteiger partial charge in [-0.05, 0) is 26.3 Å². The Bertz CT molecular complexity index is 634. The third-order valence-electron chi connectivity index (χ3n) is 3.84. The molecule has 0 fully saturated rings. The Morgan fingerprint density at radius 1 is 1.24 bits per heavy atom. The van der Waals surface area contributed by atoms with E-state index in [0.717, 1.165) is 16.8 Å². The van der Waals surface area contributed by atoms with Crippen LogP contribution in [-0.2, 0) is 7.05 Å². The molecule has 1 aromatic heterocycles. The van der Waals surface area contributed by atoms with Crippen LogP contribution < -0.4 is 5.32 Å². The number of hydrogen-bond donors (Lipinski definition) is 1. The highest BCUT2D eigenvalue weighted by Gasteiger charge is 2.16. The number of benzene rings is 1. The third-order valence-corrected chi connectivity index (χ3v) is 3.84. The molecule has 0 saturated carbocycles. The van der Waals surface area contributed by atoms with Gasteiger partial charge in [0.1, 0.15) is 0 Å². The van der Waals surface area contributed by atoms with Crippen LogP contribution in [0.4, 0.5) is 5.69 Å². The Morgan fingerprint density at radius 2 is 1.86 bits per heavy atom. The number of nitro groups is 1. The zero-order valence-electron chi connectivity index (χ0n) is 12.7. The summed E-state index contributed by atoms with van der Waals surface area (Å²) in [5, 5.41) is 18.4. The van der Waals surface area contributed by atoms with Crippen molar-refractivity contribution in [1.82, 2.24) is 15.1 Å². The summed E-state index contributed by atoms with van der Waals surface area (Å²) in [6.07, 6.45) is 1.87. The van der Waals surface area contributed by atoms with Crippen LogP contribution in [0.25, 0.3) is 0 Å². The minimum atomic E-state index is -0.385. The molecule has 2 unspecified atom stereocenters. The van der Waals surface area contributed by atoms with Gasteiger partial charge >= 0.3 is 0 Å². The van der Waals surface area contributed by atoms with Gasteiger partial charge in [0, 0.05) is 42.5 Å². The number of nitrogens with zero attached hydrogens (tertiary/aromatic N) is 3. The van der Waals surface area contributed by atoms with Crippen molar-refractivity contribution in [3.05, 3.63) is 57.4 Å². The standard InChI is InChI=1S/C15H20N4O2/c1-10(13-5-7-14(8-6-13)19(20)21)17-11(2)15-9-16-18(4)12(15)3/h5-11,17H,1-4H3. The molecule has 2 atom stereocenters. The molecule has 2 aromatic rings. The lowest BCUT2D eigenvalue weighted by molar-refractivity contribution is -0.384.